The highest BCUT2D eigenvalue weighted by atomic mass is 16.5. The van der Waals surface area contributed by atoms with E-state index < -0.39 is 6.04 Å². The minimum atomic E-state index is -0.604. The standard InChI is InChI=1S/C20H26N2O4/c1-12(2)25-16-11-7-6-10-15(16)18-17(13(3)21-20(24)22-18)19(23)26-14-8-4-5-9-14/h6-7,10-12,14,18H,4-5,8-9H2,1-3H3,(H2,21,22,24)/t18-/m1/s1. The molecule has 1 aliphatic carbocycles. The van der Waals surface area contributed by atoms with Gasteiger partial charge in [0.2, 0.25) is 0 Å². The molecule has 1 aliphatic heterocycles. The van der Waals surface area contributed by atoms with Crippen molar-refractivity contribution in [2.75, 3.05) is 0 Å². The molecule has 26 heavy (non-hydrogen) atoms. The van der Waals surface area contributed by atoms with Crippen LogP contribution in [0.1, 0.15) is 58.1 Å². The van der Waals surface area contributed by atoms with Crippen LogP contribution in [-0.2, 0) is 9.53 Å². The molecule has 0 radical (unpaired) electrons. The molecule has 1 saturated carbocycles. The molecule has 0 spiro atoms. The molecule has 0 saturated heterocycles. The number of para-hydroxylation sites is 1. The van der Waals surface area contributed by atoms with Crippen molar-refractivity contribution in [1.82, 2.24) is 10.6 Å². The van der Waals surface area contributed by atoms with Crippen LogP contribution in [0.4, 0.5) is 4.79 Å². The van der Waals surface area contributed by atoms with Gasteiger partial charge in [0.1, 0.15) is 11.9 Å². The predicted molar refractivity (Wildman–Crippen MR) is 97.7 cm³/mol. The van der Waals surface area contributed by atoms with Crippen molar-refractivity contribution in [2.24, 2.45) is 0 Å². The van der Waals surface area contributed by atoms with Gasteiger partial charge in [0.25, 0.3) is 0 Å². The molecule has 1 heterocycles. The predicted octanol–water partition coefficient (Wildman–Crippen LogP) is 3.59. The lowest BCUT2D eigenvalue weighted by molar-refractivity contribution is -0.144. The second-order valence-corrected chi connectivity index (χ2v) is 7.09. The normalized spacial score (nSPS) is 20.8. The van der Waals surface area contributed by atoms with E-state index in [-0.39, 0.29) is 24.2 Å². The first kappa shape index (κ1) is 18.3. The summed E-state index contributed by atoms with van der Waals surface area (Å²) in [4.78, 5) is 24.9. The lowest BCUT2D eigenvalue weighted by atomic mass is 9.94. The van der Waals surface area contributed by atoms with Gasteiger partial charge in [-0.25, -0.2) is 9.59 Å². The molecule has 1 aromatic carbocycles. The van der Waals surface area contributed by atoms with Crippen LogP contribution in [0.15, 0.2) is 35.5 Å². The molecule has 0 unspecified atom stereocenters. The summed E-state index contributed by atoms with van der Waals surface area (Å²) < 4.78 is 11.6. The molecule has 0 aromatic heterocycles. The zero-order chi connectivity index (χ0) is 18.7. The van der Waals surface area contributed by atoms with E-state index in [0.29, 0.717) is 17.0 Å². The topological polar surface area (TPSA) is 76.7 Å². The molecule has 3 rings (SSSR count). The van der Waals surface area contributed by atoms with Crippen LogP contribution in [0.2, 0.25) is 0 Å². The van der Waals surface area contributed by atoms with Crippen LogP contribution in [-0.4, -0.2) is 24.2 Å². The average Bonchev–Trinajstić information content (AvgIpc) is 3.06. The molecular weight excluding hydrogens is 332 g/mol. The van der Waals surface area contributed by atoms with Gasteiger partial charge in [0, 0.05) is 11.3 Å². The molecule has 1 atom stereocenters. The van der Waals surface area contributed by atoms with Crippen molar-refractivity contribution >= 4 is 12.0 Å². The summed E-state index contributed by atoms with van der Waals surface area (Å²) in [6, 6.07) is 6.50. The van der Waals surface area contributed by atoms with Crippen molar-refractivity contribution in [3.63, 3.8) is 0 Å². The number of nitrogens with one attached hydrogen (secondary N) is 2. The Kier molecular flexibility index (Phi) is 5.49. The smallest absolute Gasteiger partial charge is 0.338 e. The molecule has 140 valence electrons. The Bertz CT molecular complexity index is 720. The Balaban J connectivity index is 1.94. The van der Waals surface area contributed by atoms with Gasteiger partial charge in [-0.05, 0) is 52.5 Å². The van der Waals surface area contributed by atoms with E-state index in [1.807, 2.05) is 38.1 Å². The van der Waals surface area contributed by atoms with Gasteiger partial charge >= 0.3 is 12.0 Å². The van der Waals surface area contributed by atoms with Crippen LogP contribution in [0.5, 0.6) is 5.75 Å². The Morgan fingerprint density at radius 1 is 1.19 bits per heavy atom. The lowest BCUT2D eigenvalue weighted by Gasteiger charge is -2.30. The minimum Gasteiger partial charge on any atom is -0.491 e. The van der Waals surface area contributed by atoms with E-state index in [4.69, 9.17) is 9.47 Å². The van der Waals surface area contributed by atoms with Gasteiger partial charge in [-0.3, -0.25) is 0 Å². The van der Waals surface area contributed by atoms with Crippen LogP contribution in [0, 0.1) is 0 Å². The summed E-state index contributed by atoms with van der Waals surface area (Å²) in [6.45, 7) is 5.60. The number of carbonyl (C=O) groups is 2. The van der Waals surface area contributed by atoms with E-state index >= 15 is 0 Å². The van der Waals surface area contributed by atoms with E-state index in [2.05, 4.69) is 10.6 Å². The third-order valence-corrected chi connectivity index (χ3v) is 4.66. The summed E-state index contributed by atoms with van der Waals surface area (Å²) in [5, 5.41) is 5.53. The molecule has 6 heteroatoms. The first-order valence-electron chi connectivity index (χ1n) is 9.20. The van der Waals surface area contributed by atoms with E-state index in [9.17, 15) is 9.59 Å². The number of hydrogen-bond acceptors (Lipinski definition) is 4. The van der Waals surface area contributed by atoms with Gasteiger partial charge in [-0.1, -0.05) is 18.2 Å². The third kappa shape index (κ3) is 4.00. The summed E-state index contributed by atoms with van der Waals surface area (Å²) >= 11 is 0. The summed E-state index contributed by atoms with van der Waals surface area (Å²) in [5.74, 6) is 0.264. The Hall–Kier alpha value is -2.50. The molecule has 2 aliphatic rings. The van der Waals surface area contributed by atoms with Crippen molar-refractivity contribution in [3.05, 3.63) is 41.1 Å². The maximum Gasteiger partial charge on any atom is 0.338 e. The highest BCUT2D eigenvalue weighted by Crippen LogP contribution is 2.34. The van der Waals surface area contributed by atoms with Crippen molar-refractivity contribution in [3.8, 4) is 5.75 Å². The quantitative estimate of drug-likeness (QED) is 0.789. The van der Waals surface area contributed by atoms with Gasteiger partial charge in [-0.2, -0.15) is 0 Å². The van der Waals surface area contributed by atoms with Gasteiger partial charge < -0.3 is 20.1 Å². The van der Waals surface area contributed by atoms with Crippen LogP contribution < -0.4 is 15.4 Å². The Morgan fingerprint density at radius 2 is 1.88 bits per heavy atom. The number of carbonyl (C=O) groups excluding carboxylic acids is 2. The maximum absolute atomic E-state index is 12.9. The number of benzene rings is 1. The Morgan fingerprint density at radius 3 is 2.58 bits per heavy atom. The monoisotopic (exact) mass is 358 g/mol. The number of amides is 2. The fourth-order valence-electron chi connectivity index (χ4n) is 3.50. The number of esters is 1. The number of rotatable bonds is 5. The maximum atomic E-state index is 12.9. The lowest BCUT2D eigenvalue weighted by Crippen LogP contribution is -2.45. The molecule has 0 bridgehead atoms. The first-order valence-corrected chi connectivity index (χ1v) is 9.20. The zero-order valence-electron chi connectivity index (χ0n) is 15.5. The van der Waals surface area contributed by atoms with Gasteiger partial charge in [0.15, 0.2) is 0 Å². The SMILES string of the molecule is CC1=C(C(=O)OC2CCCC2)[C@@H](c2ccccc2OC(C)C)NC(=O)N1. The fraction of sp³-hybridized carbons (Fsp3) is 0.500. The van der Waals surface area contributed by atoms with Gasteiger partial charge in [0.05, 0.1) is 17.7 Å². The second kappa shape index (κ2) is 7.81. The number of allylic oxidation sites excluding steroid dienone is 1. The van der Waals surface area contributed by atoms with Crippen LogP contribution >= 0.6 is 0 Å². The van der Waals surface area contributed by atoms with Gasteiger partial charge in [-0.15, -0.1) is 0 Å². The minimum absolute atomic E-state index is 0.0208. The summed E-state index contributed by atoms with van der Waals surface area (Å²) in [7, 11) is 0. The number of urea groups is 1. The highest BCUT2D eigenvalue weighted by Gasteiger charge is 2.35. The molecule has 1 fully saturated rings. The summed E-state index contributed by atoms with van der Waals surface area (Å²) in [5.41, 5.74) is 1.69. The summed E-state index contributed by atoms with van der Waals surface area (Å²) in [6.07, 6.45) is 3.90. The van der Waals surface area contributed by atoms with E-state index in [1.54, 1.807) is 6.92 Å². The molecule has 1 aromatic rings. The van der Waals surface area contributed by atoms with E-state index in [1.165, 1.54) is 0 Å². The molecule has 2 amide bonds. The van der Waals surface area contributed by atoms with E-state index in [0.717, 1.165) is 31.2 Å². The third-order valence-electron chi connectivity index (χ3n) is 4.66. The average molecular weight is 358 g/mol. The highest BCUT2D eigenvalue weighted by molar-refractivity contribution is 5.95. The molecule has 6 nitrogen and oxygen atoms in total. The number of hydrogen-bond donors (Lipinski definition) is 2. The van der Waals surface area contributed by atoms with Crippen LogP contribution in [0.25, 0.3) is 0 Å². The fourth-order valence-corrected chi connectivity index (χ4v) is 3.50. The number of ether oxygens (including phenoxy) is 2. The van der Waals surface area contributed by atoms with Crippen molar-refractivity contribution in [2.45, 2.75) is 64.7 Å². The largest absolute Gasteiger partial charge is 0.491 e. The Labute approximate surface area is 153 Å². The first-order chi connectivity index (χ1) is 12.5. The van der Waals surface area contributed by atoms with Crippen molar-refractivity contribution in [1.29, 1.82) is 0 Å². The zero-order valence-corrected chi connectivity index (χ0v) is 15.5. The molecular formula is C20H26N2O4. The van der Waals surface area contributed by atoms with Crippen LogP contribution in [0.3, 0.4) is 0 Å². The van der Waals surface area contributed by atoms with Crippen molar-refractivity contribution < 1.29 is 19.1 Å². The second-order valence-electron chi connectivity index (χ2n) is 7.09. The molecule has 2 N–H and O–H groups in total.